The highest BCUT2D eigenvalue weighted by atomic mass is 16.2. The standard InChI is InChI=1S/C15H25N3O/c1-12-8-9-14(13(2)11-12)18(3)10-6-4-5-7-15(19)17-16/h8-9,11H,4-7,10,16H2,1-3H3,(H,17,19). The first-order valence-corrected chi connectivity index (χ1v) is 6.82. The van der Waals surface area contributed by atoms with Crippen molar-refractivity contribution in [3.63, 3.8) is 0 Å². The second kappa shape index (κ2) is 7.79. The molecule has 0 spiro atoms. The molecule has 0 saturated carbocycles. The molecule has 1 amide bonds. The molecule has 1 rings (SSSR count). The molecule has 1 aromatic rings. The van der Waals surface area contributed by atoms with Crippen LogP contribution in [-0.2, 0) is 4.79 Å². The third-order valence-electron chi connectivity index (χ3n) is 3.32. The zero-order chi connectivity index (χ0) is 14.3. The summed E-state index contributed by atoms with van der Waals surface area (Å²) in [6, 6.07) is 6.52. The molecule has 0 unspecified atom stereocenters. The van der Waals surface area contributed by atoms with Gasteiger partial charge < -0.3 is 4.90 Å². The van der Waals surface area contributed by atoms with Crippen LogP contribution in [0.3, 0.4) is 0 Å². The quantitative estimate of drug-likeness (QED) is 0.343. The summed E-state index contributed by atoms with van der Waals surface area (Å²) in [5.41, 5.74) is 6.04. The number of hydrogen-bond donors (Lipinski definition) is 2. The fourth-order valence-corrected chi connectivity index (χ4v) is 2.24. The van der Waals surface area contributed by atoms with Crippen LogP contribution in [0, 0.1) is 13.8 Å². The van der Waals surface area contributed by atoms with Crippen LogP contribution in [-0.4, -0.2) is 19.5 Å². The molecular formula is C15H25N3O. The number of amides is 1. The molecule has 0 saturated heterocycles. The normalized spacial score (nSPS) is 10.3. The van der Waals surface area contributed by atoms with E-state index in [9.17, 15) is 4.79 Å². The Balaban J connectivity index is 2.31. The summed E-state index contributed by atoms with van der Waals surface area (Å²) in [5, 5.41) is 0. The van der Waals surface area contributed by atoms with Crippen LogP contribution in [0.4, 0.5) is 5.69 Å². The van der Waals surface area contributed by atoms with Gasteiger partial charge in [-0.2, -0.15) is 0 Å². The molecule has 0 heterocycles. The minimum Gasteiger partial charge on any atom is -0.374 e. The predicted molar refractivity (Wildman–Crippen MR) is 80.0 cm³/mol. The summed E-state index contributed by atoms with van der Waals surface area (Å²) in [6.07, 6.45) is 3.54. The summed E-state index contributed by atoms with van der Waals surface area (Å²) in [5.74, 6) is 4.95. The average molecular weight is 263 g/mol. The predicted octanol–water partition coefficient (Wildman–Crippen LogP) is 2.29. The topological polar surface area (TPSA) is 58.4 Å². The maximum atomic E-state index is 11.0. The highest BCUT2D eigenvalue weighted by Gasteiger charge is 2.04. The molecule has 0 aliphatic rings. The Bertz CT molecular complexity index is 418. The van der Waals surface area contributed by atoms with Crippen molar-refractivity contribution in [3.8, 4) is 0 Å². The van der Waals surface area contributed by atoms with Crippen LogP contribution in [0.15, 0.2) is 18.2 Å². The van der Waals surface area contributed by atoms with Crippen LogP contribution in [0.2, 0.25) is 0 Å². The maximum absolute atomic E-state index is 11.0. The summed E-state index contributed by atoms with van der Waals surface area (Å²) in [7, 11) is 2.12. The van der Waals surface area contributed by atoms with Gasteiger partial charge in [-0.1, -0.05) is 24.1 Å². The minimum atomic E-state index is -0.0808. The molecule has 106 valence electrons. The molecular weight excluding hydrogens is 238 g/mol. The van der Waals surface area contributed by atoms with Crippen LogP contribution in [0.1, 0.15) is 36.8 Å². The lowest BCUT2D eigenvalue weighted by Gasteiger charge is -2.21. The van der Waals surface area contributed by atoms with Crippen LogP contribution < -0.4 is 16.2 Å². The molecule has 4 nitrogen and oxygen atoms in total. The number of hydrogen-bond acceptors (Lipinski definition) is 3. The molecule has 19 heavy (non-hydrogen) atoms. The highest BCUT2D eigenvalue weighted by Crippen LogP contribution is 2.20. The molecule has 0 bridgehead atoms. The van der Waals surface area contributed by atoms with Gasteiger partial charge in [0, 0.05) is 25.7 Å². The number of nitrogens with two attached hydrogens (primary N) is 1. The van der Waals surface area contributed by atoms with E-state index in [1.54, 1.807) is 0 Å². The molecule has 0 atom stereocenters. The van der Waals surface area contributed by atoms with E-state index in [0.717, 1.165) is 25.8 Å². The molecule has 0 aliphatic carbocycles. The Morgan fingerprint density at radius 2 is 2.00 bits per heavy atom. The van der Waals surface area contributed by atoms with Gasteiger partial charge in [-0.25, -0.2) is 5.84 Å². The van der Waals surface area contributed by atoms with Gasteiger partial charge >= 0.3 is 0 Å². The Morgan fingerprint density at radius 3 is 2.63 bits per heavy atom. The van der Waals surface area contributed by atoms with E-state index in [2.05, 4.69) is 49.4 Å². The largest absolute Gasteiger partial charge is 0.374 e. The zero-order valence-electron chi connectivity index (χ0n) is 12.2. The van der Waals surface area contributed by atoms with Crippen LogP contribution in [0.25, 0.3) is 0 Å². The van der Waals surface area contributed by atoms with E-state index in [0.29, 0.717) is 6.42 Å². The summed E-state index contributed by atoms with van der Waals surface area (Å²) < 4.78 is 0. The first kappa shape index (κ1) is 15.5. The average Bonchev–Trinajstić information content (AvgIpc) is 2.37. The number of unbranched alkanes of at least 4 members (excludes halogenated alkanes) is 2. The monoisotopic (exact) mass is 263 g/mol. The number of rotatable bonds is 7. The molecule has 0 aliphatic heterocycles. The van der Waals surface area contributed by atoms with E-state index in [-0.39, 0.29) is 5.91 Å². The van der Waals surface area contributed by atoms with Crippen LogP contribution >= 0.6 is 0 Å². The van der Waals surface area contributed by atoms with Gasteiger partial charge in [-0.05, 0) is 38.3 Å². The van der Waals surface area contributed by atoms with E-state index < -0.39 is 0 Å². The lowest BCUT2D eigenvalue weighted by molar-refractivity contribution is -0.121. The van der Waals surface area contributed by atoms with Gasteiger partial charge in [0.15, 0.2) is 0 Å². The Morgan fingerprint density at radius 1 is 1.26 bits per heavy atom. The number of nitrogens with zero attached hydrogens (tertiary/aromatic N) is 1. The Hall–Kier alpha value is -1.55. The minimum absolute atomic E-state index is 0.0808. The second-order valence-corrected chi connectivity index (χ2v) is 5.09. The van der Waals surface area contributed by atoms with Crippen molar-refractivity contribution in [3.05, 3.63) is 29.3 Å². The maximum Gasteiger partial charge on any atom is 0.233 e. The number of benzene rings is 1. The van der Waals surface area contributed by atoms with Crippen molar-refractivity contribution in [2.45, 2.75) is 39.5 Å². The molecule has 0 aromatic heterocycles. The van der Waals surface area contributed by atoms with Crippen molar-refractivity contribution in [1.82, 2.24) is 5.43 Å². The Kier molecular flexibility index (Phi) is 6.36. The smallest absolute Gasteiger partial charge is 0.233 e. The van der Waals surface area contributed by atoms with Gasteiger partial charge in [0.1, 0.15) is 0 Å². The number of aryl methyl sites for hydroxylation is 2. The first-order chi connectivity index (χ1) is 9.04. The molecule has 3 N–H and O–H groups in total. The van der Waals surface area contributed by atoms with Gasteiger partial charge in [0.25, 0.3) is 0 Å². The number of nitrogens with one attached hydrogen (secondary N) is 1. The lowest BCUT2D eigenvalue weighted by atomic mass is 10.1. The number of hydrazine groups is 1. The van der Waals surface area contributed by atoms with Gasteiger partial charge in [-0.3, -0.25) is 10.2 Å². The number of carbonyl (C=O) groups excluding carboxylic acids is 1. The zero-order valence-corrected chi connectivity index (χ0v) is 12.2. The van der Waals surface area contributed by atoms with Crippen molar-refractivity contribution in [1.29, 1.82) is 0 Å². The summed E-state index contributed by atoms with van der Waals surface area (Å²) >= 11 is 0. The second-order valence-electron chi connectivity index (χ2n) is 5.09. The third-order valence-corrected chi connectivity index (χ3v) is 3.32. The van der Waals surface area contributed by atoms with E-state index in [1.807, 2.05) is 0 Å². The van der Waals surface area contributed by atoms with Crippen LogP contribution in [0.5, 0.6) is 0 Å². The fraction of sp³-hybridized carbons (Fsp3) is 0.533. The first-order valence-electron chi connectivity index (χ1n) is 6.82. The molecule has 0 fully saturated rings. The van der Waals surface area contributed by atoms with Gasteiger partial charge in [0.2, 0.25) is 5.91 Å². The van der Waals surface area contributed by atoms with E-state index >= 15 is 0 Å². The van der Waals surface area contributed by atoms with Crippen molar-refractivity contribution >= 4 is 11.6 Å². The SMILES string of the molecule is Cc1ccc(N(C)CCCCCC(=O)NN)c(C)c1. The van der Waals surface area contributed by atoms with Crippen molar-refractivity contribution < 1.29 is 4.79 Å². The van der Waals surface area contributed by atoms with Crippen molar-refractivity contribution in [2.75, 3.05) is 18.5 Å². The van der Waals surface area contributed by atoms with Gasteiger partial charge in [-0.15, -0.1) is 0 Å². The summed E-state index contributed by atoms with van der Waals surface area (Å²) in [6.45, 7) is 5.26. The lowest BCUT2D eigenvalue weighted by Crippen LogP contribution is -2.29. The summed E-state index contributed by atoms with van der Waals surface area (Å²) in [4.78, 5) is 13.2. The molecule has 0 radical (unpaired) electrons. The number of anilines is 1. The van der Waals surface area contributed by atoms with Crippen molar-refractivity contribution in [2.24, 2.45) is 5.84 Å². The van der Waals surface area contributed by atoms with E-state index in [1.165, 1.54) is 16.8 Å². The third kappa shape index (κ3) is 5.30. The highest BCUT2D eigenvalue weighted by molar-refractivity contribution is 5.75. The van der Waals surface area contributed by atoms with Gasteiger partial charge in [0.05, 0.1) is 0 Å². The molecule has 1 aromatic carbocycles. The number of carbonyl (C=O) groups is 1. The molecule has 4 heteroatoms. The Labute approximate surface area is 115 Å². The fourth-order valence-electron chi connectivity index (χ4n) is 2.24. The van der Waals surface area contributed by atoms with E-state index in [4.69, 9.17) is 5.84 Å².